The van der Waals surface area contributed by atoms with Crippen LogP contribution in [-0.2, 0) is 16.0 Å². The topological polar surface area (TPSA) is 93.4 Å². The first-order valence-electron chi connectivity index (χ1n) is 12.3. The highest BCUT2D eigenvalue weighted by Crippen LogP contribution is 2.55. The van der Waals surface area contributed by atoms with Crippen LogP contribution < -0.4 is 5.32 Å². The molecule has 7 atom stereocenters. The Kier molecular flexibility index (Phi) is 8.18. The van der Waals surface area contributed by atoms with Crippen molar-refractivity contribution in [2.45, 2.75) is 71.4 Å². The Balaban J connectivity index is 1.68. The van der Waals surface area contributed by atoms with Crippen molar-refractivity contribution in [2.75, 3.05) is 13.6 Å². The van der Waals surface area contributed by atoms with Crippen LogP contribution >= 0.6 is 0 Å². The molecule has 2 saturated carbocycles. The van der Waals surface area contributed by atoms with E-state index >= 15 is 0 Å². The van der Waals surface area contributed by atoms with Crippen LogP contribution in [-0.4, -0.2) is 47.6 Å². The van der Waals surface area contributed by atoms with Gasteiger partial charge in [-0.2, -0.15) is 5.26 Å². The van der Waals surface area contributed by atoms with Crippen LogP contribution in [0, 0.1) is 40.4 Å². The summed E-state index contributed by atoms with van der Waals surface area (Å²) >= 11 is 0. The van der Waals surface area contributed by atoms with Gasteiger partial charge < -0.3 is 15.3 Å². The highest BCUT2D eigenvalue weighted by molar-refractivity contribution is 5.79. The van der Waals surface area contributed by atoms with E-state index in [0.29, 0.717) is 19.4 Å². The Labute approximate surface area is 198 Å². The first-order valence-corrected chi connectivity index (χ1v) is 12.3. The van der Waals surface area contributed by atoms with Crippen molar-refractivity contribution in [3.63, 3.8) is 0 Å². The molecular weight excluding hydrogens is 414 g/mol. The number of hydrogen-bond acceptors (Lipinski definition) is 4. The number of carbonyl (C=O) groups excluding carboxylic acids is 2. The molecule has 2 amide bonds. The van der Waals surface area contributed by atoms with Crippen LogP contribution in [0.4, 0.5) is 0 Å². The Morgan fingerprint density at radius 3 is 2.61 bits per heavy atom. The molecule has 33 heavy (non-hydrogen) atoms. The molecule has 1 aromatic rings. The number of aliphatic hydroxyl groups excluding tert-OH is 1. The summed E-state index contributed by atoms with van der Waals surface area (Å²) < 4.78 is 0. The lowest BCUT2D eigenvalue weighted by Gasteiger charge is -2.56. The van der Waals surface area contributed by atoms with Gasteiger partial charge in [0.15, 0.2) is 0 Å². The summed E-state index contributed by atoms with van der Waals surface area (Å²) in [4.78, 5) is 27.3. The molecule has 2 fully saturated rings. The SMILES string of the molecule is C[C@@H]1[C@@H]2[C@@H](O)[C@H]([C@H](C)C(=O)N(C)CCC#N)CC[C@]2(C)CC[C@@H]1NC(=O)Cc1ccccc1. The van der Waals surface area contributed by atoms with E-state index in [4.69, 9.17) is 5.26 Å². The zero-order valence-corrected chi connectivity index (χ0v) is 20.5. The zero-order chi connectivity index (χ0) is 24.2. The number of amides is 2. The quantitative estimate of drug-likeness (QED) is 0.660. The molecule has 3 rings (SSSR count). The molecule has 0 spiro atoms. The summed E-state index contributed by atoms with van der Waals surface area (Å²) in [5.74, 6) is -0.235. The molecule has 180 valence electrons. The Bertz CT molecular complexity index is 867. The highest BCUT2D eigenvalue weighted by Gasteiger charge is 2.54. The number of benzene rings is 1. The van der Waals surface area contributed by atoms with Crippen LogP contribution in [0.1, 0.15) is 58.4 Å². The molecule has 6 heteroatoms. The van der Waals surface area contributed by atoms with Gasteiger partial charge in [0, 0.05) is 25.6 Å². The number of hydrogen-bond donors (Lipinski definition) is 2. The van der Waals surface area contributed by atoms with Gasteiger partial charge in [-0.15, -0.1) is 0 Å². The molecule has 0 heterocycles. The van der Waals surface area contributed by atoms with E-state index in [0.717, 1.165) is 31.2 Å². The van der Waals surface area contributed by atoms with Crippen molar-refractivity contribution in [3.05, 3.63) is 35.9 Å². The average molecular weight is 454 g/mol. The molecule has 2 aliphatic carbocycles. The lowest BCUT2D eigenvalue weighted by molar-refractivity contribution is -0.150. The van der Waals surface area contributed by atoms with Gasteiger partial charge in [-0.1, -0.05) is 51.1 Å². The number of nitrogens with zero attached hydrogens (tertiary/aromatic N) is 2. The summed E-state index contributed by atoms with van der Waals surface area (Å²) in [5, 5.41) is 23.6. The van der Waals surface area contributed by atoms with E-state index in [1.165, 1.54) is 0 Å². The maximum Gasteiger partial charge on any atom is 0.225 e. The van der Waals surface area contributed by atoms with Crippen LogP contribution in [0.15, 0.2) is 30.3 Å². The van der Waals surface area contributed by atoms with Gasteiger partial charge in [-0.25, -0.2) is 0 Å². The molecule has 2 N–H and O–H groups in total. The minimum Gasteiger partial charge on any atom is -0.392 e. The smallest absolute Gasteiger partial charge is 0.225 e. The molecule has 1 aromatic carbocycles. The normalized spacial score (nSPS) is 32.2. The number of aliphatic hydroxyl groups is 1. The first-order chi connectivity index (χ1) is 15.7. The maximum absolute atomic E-state index is 12.9. The third-order valence-electron chi connectivity index (χ3n) is 8.41. The molecule has 0 aliphatic heterocycles. The van der Waals surface area contributed by atoms with Crippen molar-refractivity contribution in [1.82, 2.24) is 10.2 Å². The molecule has 6 nitrogen and oxygen atoms in total. The van der Waals surface area contributed by atoms with Crippen molar-refractivity contribution >= 4 is 11.8 Å². The number of rotatable bonds is 7. The standard InChI is InChI=1S/C27H39N3O3/c1-18(26(33)30(4)16-8-15-28)21-11-13-27(3)14-12-22(19(2)24(27)25(21)32)29-23(31)17-20-9-6-5-7-10-20/h5-7,9-10,18-19,21-22,24-25,32H,8,11-14,16-17H2,1-4H3,(H,29,31)/t18-,19-,21-,22-,24+,25-,27+/m0/s1. The number of nitrogens with one attached hydrogen (secondary N) is 1. The third kappa shape index (κ3) is 5.58. The first kappa shape index (κ1) is 25.2. The molecule has 0 radical (unpaired) electrons. The van der Waals surface area contributed by atoms with E-state index in [1.54, 1.807) is 11.9 Å². The summed E-state index contributed by atoms with van der Waals surface area (Å²) in [7, 11) is 1.73. The van der Waals surface area contributed by atoms with Gasteiger partial charge in [-0.3, -0.25) is 9.59 Å². The molecular formula is C27H39N3O3. The van der Waals surface area contributed by atoms with E-state index in [9.17, 15) is 14.7 Å². The highest BCUT2D eigenvalue weighted by atomic mass is 16.3. The molecule has 0 bridgehead atoms. The minimum atomic E-state index is -0.587. The van der Waals surface area contributed by atoms with E-state index in [-0.39, 0.29) is 46.9 Å². The predicted octanol–water partition coefficient (Wildman–Crippen LogP) is 3.55. The minimum absolute atomic E-state index is 0.00548. The van der Waals surface area contributed by atoms with E-state index < -0.39 is 6.10 Å². The second-order valence-electron chi connectivity index (χ2n) is 10.6. The van der Waals surface area contributed by atoms with Gasteiger partial charge in [-0.05, 0) is 54.4 Å². The van der Waals surface area contributed by atoms with Crippen LogP contribution in [0.3, 0.4) is 0 Å². The van der Waals surface area contributed by atoms with Gasteiger partial charge in [0.25, 0.3) is 0 Å². The van der Waals surface area contributed by atoms with Gasteiger partial charge in [0.1, 0.15) is 0 Å². The average Bonchev–Trinajstić information content (AvgIpc) is 2.79. The fourth-order valence-electron chi connectivity index (χ4n) is 6.40. The fraction of sp³-hybridized carbons (Fsp3) is 0.667. The number of fused-ring (bicyclic) bond motifs is 1. The summed E-state index contributed by atoms with van der Waals surface area (Å²) in [6, 6.07) is 11.9. The maximum atomic E-state index is 12.9. The number of carbonyl (C=O) groups is 2. The summed E-state index contributed by atoms with van der Waals surface area (Å²) in [6.07, 6.45) is 3.76. The van der Waals surface area contributed by atoms with Crippen molar-refractivity contribution in [1.29, 1.82) is 5.26 Å². The Morgan fingerprint density at radius 2 is 1.94 bits per heavy atom. The largest absolute Gasteiger partial charge is 0.392 e. The van der Waals surface area contributed by atoms with Gasteiger partial charge in [0.05, 0.1) is 25.0 Å². The zero-order valence-electron chi connectivity index (χ0n) is 20.5. The molecule has 0 unspecified atom stereocenters. The van der Waals surface area contributed by atoms with Gasteiger partial charge >= 0.3 is 0 Å². The second-order valence-corrected chi connectivity index (χ2v) is 10.6. The number of nitriles is 1. The monoisotopic (exact) mass is 453 g/mol. The molecule has 0 saturated heterocycles. The van der Waals surface area contributed by atoms with Crippen LogP contribution in [0.25, 0.3) is 0 Å². The second kappa shape index (κ2) is 10.7. The van der Waals surface area contributed by atoms with E-state index in [2.05, 4.69) is 25.2 Å². The van der Waals surface area contributed by atoms with Gasteiger partial charge in [0.2, 0.25) is 11.8 Å². The third-order valence-corrected chi connectivity index (χ3v) is 8.41. The van der Waals surface area contributed by atoms with Crippen LogP contribution in [0.5, 0.6) is 0 Å². The van der Waals surface area contributed by atoms with Crippen LogP contribution in [0.2, 0.25) is 0 Å². The summed E-state index contributed by atoms with van der Waals surface area (Å²) in [5.41, 5.74) is 1.01. The Hall–Kier alpha value is -2.39. The predicted molar refractivity (Wildman–Crippen MR) is 128 cm³/mol. The lowest BCUT2D eigenvalue weighted by atomic mass is 9.51. The van der Waals surface area contributed by atoms with Crippen molar-refractivity contribution in [3.8, 4) is 6.07 Å². The van der Waals surface area contributed by atoms with Crippen molar-refractivity contribution < 1.29 is 14.7 Å². The molecule has 2 aliphatic rings. The fourth-order valence-corrected chi connectivity index (χ4v) is 6.40. The van der Waals surface area contributed by atoms with E-state index in [1.807, 2.05) is 37.3 Å². The summed E-state index contributed by atoms with van der Waals surface area (Å²) in [6.45, 7) is 6.73. The Morgan fingerprint density at radius 1 is 1.27 bits per heavy atom. The molecule has 0 aromatic heterocycles. The lowest BCUT2D eigenvalue weighted by Crippen LogP contribution is -2.58. The van der Waals surface area contributed by atoms with Crippen molar-refractivity contribution in [2.24, 2.45) is 29.1 Å².